The highest BCUT2D eigenvalue weighted by molar-refractivity contribution is 5.85. The van der Waals surface area contributed by atoms with E-state index in [0.717, 1.165) is 19.3 Å². The number of halogens is 1. The lowest BCUT2D eigenvalue weighted by molar-refractivity contribution is -0.122. The lowest BCUT2D eigenvalue weighted by atomic mass is 9.89. The Labute approximate surface area is 119 Å². The molecule has 3 N–H and O–H groups in total. The molecule has 0 radical (unpaired) electrons. The molecule has 0 fully saturated rings. The quantitative estimate of drug-likeness (QED) is 0.717. The molecule has 0 heterocycles. The van der Waals surface area contributed by atoms with Gasteiger partial charge in [-0.25, -0.2) is 0 Å². The first-order valence-corrected chi connectivity index (χ1v) is 6.94. The van der Waals surface area contributed by atoms with Gasteiger partial charge in [-0.05, 0) is 24.7 Å². The SMILES string of the molecule is CCC(CC(=O)NCC(N)(CC)CC)C(C)C.Cl. The zero-order valence-corrected chi connectivity index (χ0v) is 13.4. The summed E-state index contributed by atoms with van der Waals surface area (Å²) in [5.74, 6) is 1.18. The molecule has 3 nitrogen and oxygen atoms in total. The smallest absolute Gasteiger partial charge is 0.220 e. The third-order valence-corrected chi connectivity index (χ3v) is 3.96. The van der Waals surface area contributed by atoms with Gasteiger partial charge in [0.05, 0.1) is 0 Å². The Morgan fingerprint density at radius 3 is 2.06 bits per heavy atom. The van der Waals surface area contributed by atoms with Crippen LogP contribution in [0, 0.1) is 11.8 Å². The number of carbonyl (C=O) groups excluding carboxylic acids is 1. The maximum Gasteiger partial charge on any atom is 0.220 e. The number of hydrogen-bond donors (Lipinski definition) is 2. The van der Waals surface area contributed by atoms with Crippen LogP contribution in [-0.2, 0) is 4.79 Å². The summed E-state index contributed by atoms with van der Waals surface area (Å²) in [5, 5.41) is 2.98. The Balaban J connectivity index is 0. The highest BCUT2D eigenvalue weighted by atomic mass is 35.5. The first-order valence-electron chi connectivity index (χ1n) is 6.94. The predicted octanol–water partition coefficient (Wildman–Crippen LogP) is 3.11. The number of rotatable bonds is 8. The molecule has 0 saturated carbocycles. The molecule has 0 aliphatic heterocycles. The van der Waals surface area contributed by atoms with E-state index < -0.39 is 0 Å². The van der Waals surface area contributed by atoms with Crippen LogP contribution < -0.4 is 11.1 Å². The molecule has 0 saturated heterocycles. The molecular weight excluding hydrogens is 248 g/mol. The fourth-order valence-corrected chi connectivity index (χ4v) is 1.94. The fourth-order valence-electron chi connectivity index (χ4n) is 1.94. The van der Waals surface area contributed by atoms with Crippen molar-refractivity contribution < 1.29 is 4.79 Å². The highest BCUT2D eigenvalue weighted by Crippen LogP contribution is 2.18. The van der Waals surface area contributed by atoms with Gasteiger partial charge in [-0.2, -0.15) is 0 Å². The topological polar surface area (TPSA) is 55.1 Å². The van der Waals surface area contributed by atoms with E-state index in [4.69, 9.17) is 5.73 Å². The second-order valence-corrected chi connectivity index (χ2v) is 5.46. The highest BCUT2D eigenvalue weighted by Gasteiger charge is 2.22. The summed E-state index contributed by atoms with van der Waals surface area (Å²) in [6.07, 6.45) is 3.47. The van der Waals surface area contributed by atoms with Crippen LogP contribution in [0.15, 0.2) is 0 Å². The number of carbonyl (C=O) groups is 1. The van der Waals surface area contributed by atoms with Crippen molar-refractivity contribution in [3.8, 4) is 0 Å². The van der Waals surface area contributed by atoms with Gasteiger partial charge >= 0.3 is 0 Å². The van der Waals surface area contributed by atoms with E-state index in [1.807, 2.05) is 0 Å². The second kappa shape index (κ2) is 9.62. The van der Waals surface area contributed by atoms with E-state index in [-0.39, 0.29) is 23.9 Å². The second-order valence-electron chi connectivity index (χ2n) is 5.46. The average Bonchev–Trinajstić information content (AvgIpc) is 2.32. The molecule has 0 aliphatic rings. The van der Waals surface area contributed by atoms with Crippen molar-refractivity contribution in [2.45, 2.75) is 65.8 Å². The first kappa shape index (κ1) is 20.0. The zero-order chi connectivity index (χ0) is 13.5. The maximum atomic E-state index is 11.8. The number of nitrogens with two attached hydrogens (primary N) is 1. The lowest BCUT2D eigenvalue weighted by Gasteiger charge is -2.27. The van der Waals surface area contributed by atoms with Gasteiger partial charge in [-0.3, -0.25) is 4.79 Å². The van der Waals surface area contributed by atoms with Gasteiger partial charge in [-0.15, -0.1) is 12.4 Å². The Bertz CT molecular complexity index is 228. The third-order valence-electron chi connectivity index (χ3n) is 3.96. The molecule has 0 aromatic heterocycles. The summed E-state index contributed by atoms with van der Waals surface area (Å²) < 4.78 is 0. The van der Waals surface area contributed by atoms with Gasteiger partial charge in [0.2, 0.25) is 5.91 Å². The molecule has 1 amide bonds. The molecule has 18 heavy (non-hydrogen) atoms. The Kier molecular flexibility index (Phi) is 10.7. The summed E-state index contributed by atoms with van der Waals surface area (Å²) in [4.78, 5) is 11.8. The molecule has 4 heteroatoms. The van der Waals surface area contributed by atoms with Crippen molar-refractivity contribution in [1.29, 1.82) is 0 Å². The summed E-state index contributed by atoms with van der Waals surface area (Å²) in [6.45, 7) is 11.2. The number of hydrogen-bond acceptors (Lipinski definition) is 2. The van der Waals surface area contributed by atoms with Crippen LogP contribution in [0.4, 0.5) is 0 Å². The van der Waals surface area contributed by atoms with Crippen molar-refractivity contribution in [3.63, 3.8) is 0 Å². The van der Waals surface area contributed by atoms with Crippen LogP contribution in [0.25, 0.3) is 0 Å². The standard InChI is InChI=1S/C14H30N2O.ClH/c1-6-12(11(4)5)9-13(17)16-10-14(15,7-2)8-3;/h11-12H,6-10,15H2,1-5H3,(H,16,17);1H. The Morgan fingerprint density at radius 1 is 1.22 bits per heavy atom. The molecule has 1 unspecified atom stereocenters. The molecular formula is C14H31ClN2O. The van der Waals surface area contributed by atoms with E-state index in [1.54, 1.807) is 0 Å². The largest absolute Gasteiger partial charge is 0.354 e. The molecule has 0 aromatic carbocycles. The monoisotopic (exact) mass is 278 g/mol. The molecule has 0 bridgehead atoms. The van der Waals surface area contributed by atoms with Gasteiger partial charge in [0, 0.05) is 18.5 Å². The lowest BCUT2D eigenvalue weighted by Crippen LogP contribution is -2.49. The molecule has 0 aliphatic carbocycles. The minimum atomic E-state index is -0.241. The summed E-state index contributed by atoms with van der Waals surface area (Å²) in [7, 11) is 0. The van der Waals surface area contributed by atoms with Crippen LogP contribution in [-0.4, -0.2) is 18.0 Å². The number of amides is 1. The van der Waals surface area contributed by atoms with Crippen molar-refractivity contribution >= 4 is 18.3 Å². The van der Waals surface area contributed by atoms with Crippen LogP contribution in [0.2, 0.25) is 0 Å². The summed E-state index contributed by atoms with van der Waals surface area (Å²) in [6, 6.07) is 0. The van der Waals surface area contributed by atoms with Crippen LogP contribution >= 0.6 is 12.4 Å². The zero-order valence-electron chi connectivity index (χ0n) is 12.6. The third kappa shape index (κ3) is 7.22. The van der Waals surface area contributed by atoms with E-state index >= 15 is 0 Å². The van der Waals surface area contributed by atoms with Crippen molar-refractivity contribution in [2.75, 3.05) is 6.54 Å². The first-order chi connectivity index (χ1) is 7.88. The van der Waals surface area contributed by atoms with Crippen LogP contribution in [0.5, 0.6) is 0 Å². The normalized spacial score (nSPS) is 13.1. The van der Waals surface area contributed by atoms with E-state index in [9.17, 15) is 4.79 Å². The van der Waals surface area contributed by atoms with Gasteiger partial charge in [0.15, 0.2) is 0 Å². The van der Waals surface area contributed by atoms with Crippen molar-refractivity contribution in [1.82, 2.24) is 5.32 Å². The molecule has 1 atom stereocenters. The fraction of sp³-hybridized carbons (Fsp3) is 0.929. The minimum absolute atomic E-state index is 0. The summed E-state index contributed by atoms with van der Waals surface area (Å²) >= 11 is 0. The molecule has 0 spiro atoms. The maximum absolute atomic E-state index is 11.8. The molecule has 0 aromatic rings. The van der Waals surface area contributed by atoms with Crippen molar-refractivity contribution in [2.24, 2.45) is 17.6 Å². The Morgan fingerprint density at radius 2 is 1.72 bits per heavy atom. The van der Waals surface area contributed by atoms with E-state index in [2.05, 4.69) is 39.9 Å². The van der Waals surface area contributed by atoms with Gasteiger partial charge in [0.25, 0.3) is 0 Å². The van der Waals surface area contributed by atoms with E-state index in [0.29, 0.717) is 24.8 Å². The van der Waals surface area contributed by atoms with Crippen LogP contribution in [0.3, 0.4) is 0 Å². The Hall–Kier alpha value is -0.280. The van der Waals surface area contributed by atoms with Crippen molar-refractivity contribution in [3.05, 3.63) is 0 Å². The van der Waals surface area contributed by atoms with Gasteiger partial charge < -0.3 is 11.1 Å². The van der Waals surface area contributed by atoms with Gasteiger partial charge in [0.1, 0.15) is 0 Å². The van der Waals surface area contributed by atoms with Gasteiger partial charge in [-0.1, -0.05) is 41.0 Å². The minimum Gasteiger partial charge on any atom is -0.354 e. The number of nitrogens with one attached hydrogen (secondary N) is 1. The molecule has 110 valence electrons. The predicted molar refractivity (Wildman–Crippen MR) is 81.0 cm³/mol. The average molecular weight is 279 g/mol. The summed E-state index contributed by atoms with van der Waals surface area (Å²) in [5.41, 5.74) is 5.91. The molecule has 0 rings (SSSR count). The van der Waals surface area contributed by atoms with E-state index in [1.165, 1.54) is 0 Å². The van der Waals surface area contributed by atoms with Crippen LogP contribution in [0.1, 0.15) is 60.3 Å².